The van der Waals surface area contributed by atoms with Crippen molar-refractivity contribution in [2.45, 2.75) is 34.6 Å². The number of hydrogen-bond donors (Lipinski definition) is 0. The predicted octanol–water partition coefficient (Wildman–Crippen LogP) is 2.81. The summed E-state index contributed by atoms with van der Waals surface area (Å²) in [6.45, 7) is 11.4. The Bertz CT molecular complexity index is 228. The molecule has 1 aliphatic carbocycles. The van der Waals surface area contributed by atoms with Crippen molar-refractivity contribution in [2.75, 3.05) is 0 Å². The second kappa shape index (κ2) is 2.65. The zero-order valence-electron chi connectivity index (χ0n) is 8.00. The van der Waals surface area contributed by atoms with Gasteiger partial charge in [0.15, 0.2) is 0 Å². The molecule has 0 bridgehead atoms. The SMILES string of the molecule is CC1=C(C)C(C)(C)[C]([Sn])=C1C. The number of hydrogen-bond acceptors (Lipinski definition) is 0. The van der Waals surface area contributed by atoms with Gasteiger partial charge in [0.05, 0.1) is 0 Å². The molecule has 0 saturated carbocycles. The summed E-state index contributed by atoms with van der Waals surface area (Å²) >= 11 is 1.57. The van der Waals surface area contributed by atoms with Crippen molar-refractivity contribution in [1.82, 2.24) is 0 Å². The van der Waals surface area contributed by atoms with E-state index in [0.717, 1.165) is 0 Å². The normalized spacial score (nSPS) is 23.5. The van der Waals surface area contributed by atoms with Crippen molar-refractivity contribution < 1.29 is 0 Å². The molecule has 0 amide bonds. The fourth-order valence-electron chi connectivity index (χ4n) is 1.59. The molecule has 1 heteroatoms. The maximum atomic E-state index is 2.33. The van der Waals surface area contributed by atoms with Crippen LogP contribution in [0, 0.1) is 5.41 Å². The van der Waals surface area contributed by atoms with E-state index in [1.807, 2.05) is 0 Å². The Kier molecular flexibility index (Phi) is 2.26. The molecule has 0 aromatic carbocycles. The Hall–Kier alpha value is 0.279. The zero-order valence-corrected chi connectivity index (χ0v) is 10.9. The van der Waals surface area contributed by atoms with Gasteiger partial charge in [-0.25, -0.2) is 0 Å². The fourth-order valence-corrected chi connectivity index (χ4v) is 2.66. The summed E-state index contributed by atoms with van der Waals surface area (Å²) in [6.07, 6.45) is 0. The molecule has 0 saturated heterocycles. The van der Waals surface area contributed by atoms with Gasteiger partial charge < -0.3 is 0 Å². The van der Waals surface area contributed by atoms with Crippen molar-refractivity contribution >= 4 is 22.5 Å². The van der Waals surface area contributed by atoms with E-state index in [1.54, 1.807) is 31.7 Å². The topological polar surface area (TPSA) is 0 Å². The minimum atomic E-state index is 0.354. The number of rotatable bonds is 0. The van der Waals surface area contributed by atoms with Gasteiger partial charge in [-0.15, -0.1) is 0 Å². The first-order valence-electron chi connectivity index (χ1n) is 4.00. The molecule has 0 unspecified atom stereocenters. The van der Waals surface area contributed by atoms with Crippen LogP contribution in [0.3, 0.4) is 0 Å². The van der Waals surface area contributed by atoms with Gasteiger partial charge in [-0.05, 0) is 0 Å². The Morgan fingerprint density at radius 3 is 1.55 bits per heavy atom. The van der Waals surface area contributed by atoms with Crippen LogP contribution in [0.2, 0.25) is 0 Å². The molecule has 0 spiro atoms. The van der Waals surface area contributed by atoms with E-state index >= 15 is 0 Å². The number of allylic oxidation sites excluding steroid dienone is 4. The van der Waals surface area contributed by atoms with Gasteiger partial charge in [0.2, 0.25) is 0 Å². The van der Waals surface area contributed by atoms with Crippen LogP contribution in [-0.2, 0) is 0 Å². The van der Waals surface area contributed by atoms with Crippen molar-refractivity contribution in [3.8, 4) is 0 Å². The Balaban J connectivity index is 3.27. The summed E-state index contributed by atoms with van der Waals surface area (Å²) < 4.78 is 1.62. The second-order valence-corrected chi connectivity index (χ2v) is 5.30. The maximum absolute atomic E-state index is 2.33. The molecule has 59 valence electrons. The van der Waals surface area contributed by atoms with Crippen molar-refractivity contribution in [2.24, 2.45) is 5.41 Å². The average Bonchev–Trinajstić information content (AvgIpc) is 2.06. The van der Waals surface area contributed by atoms with E-state index < -0.39 is 0 Å². The van der Waals surface area contributed by atoms with Gasteiger partial charge in [0.1, 0.15) is 0 Å². The van der Waals surface area contributed by atoms with Crippen LogP contribution in [0.5, 0.6) is 0 Å². The third kappa shape index (κ3) is 1.20. The molecule has 0 aromatic rings. The van der Waals surface area contributed by atoms with E-state index in [0.29, 0.717) is 5.41 Å². The summed E-state index contributed by atoms with van der Waals surface area (Å²) in [5, 5.41) is 0. The molecule has 3 radical (unpaired) electrons. The molecule has 0 heterocycles. The molecule has 0 aliphatic heterocycles. The van der Waals surface area contributed by atoms with E-state index in [9.17, 15) is 0 Å². The first-order valence-corrected chi connectivity index (χ1v) is 5.43. The van der Waals surface area contributed by atoms with Crippen LogP contribution in [0.25, 0.3) is 0 Å². The first kappa shape index (κ1) is 9.37. The summed E-state index contributed by atoms with van der Waals surface area (Å²) in [5.41, 5.74) is 4.96. The summed E-state index contributed by atoms with van der Waals surface area (Å²) in [5.74, 6) is 0. The summed E-state index contributed by atoms with van der Waals surface area (Å²) in [7, 11) is 0. The molecule has 1 rings (SSSR count). The van der Waals surface area contributed by atoms with Gasteiger partial charge in [-0.1, -0.05) is 0 Å². The Labute approximate surface area is 82.8 Å². The Morgan fingerprint density at radius 1 is 1.00 bits per heavy atom. The molecule has 1 aliphatic rings. The molecule has 0 nitrogen and oxygen atoms in total. The predicted molar refractivity (Wildman–Crippen MR) is 50.6 cm³/mol. The third-order valence-electron chi connectivity index (χ3n) is 3.06. The third-order valence-corrected chi connectivity index (χ3v) is 5.92. The fraction of sp³-hybridized carbons (Fsp3) is 0.600. The molecule has 0 fully saturated rings. The van der Waals surface area contributed by atoms with Gasteiger partial charge in [-0.3, -0.25) is 0 Å². The van der Waals surface area contributed by atoms with Crippen LogP contribution in [0.1, 0.15) is 34.6 Å². The van der Waals surface area contributed by atoms with Gasteiger partial charge in [0.25, 0.3) is 0 Å². The molecule has 0 atom stereocenters. The molecular weight excluding hydrogens is 239 g/mol. The van der Waals surface area contributed by atoms with E-state index in [-0.39, 0.29) is 0 Å². The quantitative estimate of drug-likeness (QED) is 0.583. The van der Waals surface area contributed by atoms with Crippen LogP contribution in [0.4, 0.5) is 0 Å². The van der Waals surface area contributed by atoms with Crippen molar-refractivity contribution in [3.63, 3.8) is 0 Å². The second-order valence-electron chi connectivity index (χ2n) is 3.88. The van der Waals surface area contributed by atoms with E-state index in [4.69, 9.17) is 0 Å². The zero-order chi connectivity index (χ0) is 8.81. The Morgan fingerprint density at radius 2 is 1.45 bits per heavy atom. The molecule has 11 heavy (non-hydrogen) atoms. The standard InChI is InChI=1S/C10H15.Sn/c1-7-6-10(4,5)9(3)8(7)2;/h1-5H3;. The van der Waals surface area contributed by atoms with Gasteiger partial charge >= 0.3 is 82.9 Å². The van der Waals surface area contributed by atoms with Crippen molar-refractivity contribution in [3.05, 3.63) is 20.3 Å². The van der Waals surface area contributed by atoms with Gasteiger partial charge in [0, 0.05) is 0 Å². The average molecular weight is 254 g/mol. The summed E-state index contributed by atoms with van der Waals surface area (Å²) in [4.78, 5) is 0. The van der Waals surface area contributed by atoms with E-state index in [1.165, 1.54) is 11.1 Å². The summed E-state index contributed by atoms with van der Waals surface area (Å²) in [6, 6.07) is 0. The van der Waals surface area contributed by atoms with E-state index in [2.05, 4.69) is 34.6 Å². The van der Waals surface area contributed by atoms with Crippen molar-refractivity contribution in [1.29, 1.82) is 0 Å². The molecular formula is C10H15Sn. The van der Waals surface area contributed by atoms with Crippen LogP contribution in [-0.4, -0.2) is 22.5 Å². The van der Waals surface area contributed by atoms with Crippen LogP contribution >= 0.6 is 0 Å². The van der Waals surface area contributed by atoms with Crippen LogP contribution in [0.15, 0.2) is 20.3 Å². The molecule has 0 N–H and O–H groups in total. The minimum absolute atomic E-state index is 0.354. The van der Waals surface area contributed by atoms with Crippen LogP contribution < -0.4 is 0 Å². The first-order chi connectivity index (χ1) is 4.89. The van der Waals surface area contributed by atoms with Gasteiger partial charge in [-0.2, -0.15) is 0 Å². The monoisotopic (exact) mass is 255 g/mol. The molecule has 0 aromatic heterocycles.